The Morgan fingerprint density at radius 2 is 1.50 bits per heavy atom. The predicted molar refractivity (Wildman–Crippen MR) is 117 cm³/mol. The van der Waals surface area contributed by atoms with E-state index in [1.165, 1.54) is 35.4 Å². The van der Waals surface area contributed by atoms with Crippen molar-refractivity contribution in [1.29, 1.82) is 0 Å². The fraction of sp³-hybridized carbons (Fsp3) is 0.280. The van der Waals surface area contributed by atoms with Gasteiger partial charge in [-0.05, 0) is 48.7 Å². The molecule has 1 saturated heterocycles. The minimum absolute atomic E-state index is 0.0857. The van der Waals surface area contributed by atoms with Gasteiger partial charge in [-0.25, -0.2) is 8.78 Å². The van der Waals surface area contributed by atoms with Gasteiger partial charge in [-0.15, -0.1) is 0 Å². The molecule has 1 aliphatic rings. The van der Waals surface area contributed by atoms with Crippen molar-refractivity contribution >= 4 is 11.6 Å². The molecule has 4 rings (SSSR count). The summed E-state index contributed by atoms with van der Waals surface area (Å²) < 4.78 is 27.1. The summed E-state index contributed by atoms with van der Waals surface area (Å²) in [4.78, 5) is 4.73. The molecule has 3 aromatic rings. The third-order valence-electron chi connectivity index (χ3n) is 5.59. The van der Waals surface area contributed by atoms with Crippen molar-refractivity contribution in [3.05, 3.63) is 106 Å². The first-order valence-corrected chi connectivity index (χ1v) is 10.6. The molecule has 2 nitrogen and oxygen atoms in total. The largest absolute Gasteiger partial charge is 0.280 e. The number of rotatable bonds is 5. The Bertz CT molecular complexity index is 1010. The maximum absolute atomic E-state index is 13.7. The van der Waals surface area contributed by atoms with E-state index >= 15 is 0 Å². The third kappa shape index (κ3) is 4.89. The average Bonchev–Trinajstić information content (AvgIpc) is 2.71. The summed E-state index contributed by atoms with van der Waals surface area (Å²) in [7, 11) is 0. The second kappa shape index (κ2) is 9.25. The molecule has 0 bridgehead atoms. The van der Waals surface area contributed by atoms with Gasteiger partial charge < -0.3 is 0 Å². The lowest BCUT2D eigenvalue weighted by Gasteiger charge is -2.44. The Balaban J connectivity index is 1.67. The lowest BCUT2D eigenvalue weighted by molar-refractivity contribution is -0.00908. The molecule has 1 heterocycles. The Labute approximate surface area is 181 Å². The molecule has 0 spiro atoms. The molecule has 0 aliphatic carbocycles. The molecule has 0 saturated carbocycles. The minimum atomic E-state index is -0.338. The van der Waals surface area contributed by atoms with E-state index in [2.05, 4.69) is 41.0 Å². The molecule has 1 aliphatic heterocycles. The SMILES string of the molecule is Cc1cccc(CN2CCCN(Cc3ccc(F)cc3)[C@H]2c2ccc(F)cc2Cl)c1. The van der Waals surface area contributed by atoms with E-state index in [0.29, 0.717) is 11.6 Å². The molecule has 5 heteroatoms. The molecule has 156 valence electrons. The summed E-state index contributed by atoms with van der Waals surface area (Å²) in [6, 6.07) is 19.7. The van der Waals surface area contributed by atoms with Crippen LogP contribution in [-0.2, 0) is 13.1 Å². The van der Waals surface area contributed by atoms with Crippen LogP contribution in [0.3, 0.4) is 0 Å². The van der Waals surface area contributed by atoms with Crippen LogP contribution in [0.4, 0.5) is 8.78 Å². The number of benzene rings is 3. The highest BCUT2D eigenvalue weighted by Crippen LogP contribution is 2.36. The first kappa shape index (κ1) is 21.0. The average molecular weight is 427 g/mol. The lowest BCUT2D eigenvalue weighted by atomic mass is 10.0. The van der Waals surface area contributed by atoms with Gasteiger partial charge in [-0.1, -0.05) is 59.6 Å². The van der Waals surface area contributed by atoms with Crippen molar-refractivity contribution in [2.45, 2.75) is 32.6 Å². The molecular weight excluding hydrogens is 402 g/mol. The van der Waals surface area contributed by atoms with Gasteiger partial charge in [-0.2, -0.15) is 0 Å². The Kier molecular flexibility index (Phi) is 6.47. The molecule has 0 N–H and O–H groups in total. The van der Waals surface area contributed by atoms with E-state index in [1.54, 1.807) is 6.07 Å². The van der Waals surface area contributed by atoms with Crippen LogP contribution in [0, 0.1) is 18.6 Å². The highest BCUT2D eigenvalue weighted by molar-refractivity contribution is 6.31. The number of hydrogen-bond donors (Lipinski definition) is 0. The molecule has 0 unspecified atom stereocenters. The van der Waals surface area contributed by atoms with Crippen molar-refractivity contribution in [3.8, 4) is 0 Å². The van der Waals surface area contributed by atoms with Crippen molar-refractivity contribution in [2.24, 2.45) is 0 Å². The van der Waals surface area contributed by atoms with Crippen molar-refractivity contribution in [3.63, 3.8) is 0 Å². The van der Waals surface area contributed by atoms with Crippen LogP contribution in [0.2, 0.25) is 5.02 Å². The number of nitrogens with zero attached hydrogens (tertiary/aromatic N) is 2. The van der Waals surface area contributed by atoms with Crippen LogP contribution in [0.1, 0.15) is 34.8 Å². The predicted octanol–water partition coefficient (Wildman–Crippen LogP) is 6.33. The molecular formula is C25H25ClF2N2. The fourth-order valence-corrected chi connectivity index (χ4v) is 4.52. The zero-order valence-corrected chi connectivity index (χ0v) is 17.7. The number of hydrogen-bond acceptors (Lipinski definition) is 2. The van der Waals surface area contributed by atoms with Crippen LogP contribution in [0.25, 0.3) is 0 Å². The van der Waals surface area contributed by atoms with Gasteiger partial charge in [-0.3, -0.25) is 9.80 Å². The summed E-state index contributed by atoms with van der Waals surface area (Å²) in [6.07, 6.45) is 0.930. The van der Waals surface area contributed by atoms with E-state index in [9.17, 15) is 8.78 Å². The quantitative estimate of drug-likeness (QED) is 0.470. The van der Waals surface area contributed by atoms with E-state index in [1.807, 2.05) is 12.1 Å². The molecule has 0 radical (unpaired) electrons. The summed E-state index contributed by atoms with van der Waals surface area (Å²) >= 11 is 6.50. The van der Waals surface area contributed by atoms with Gasteiger partial charge in [0.05, 0.1) is 6.17 Å². The van der Waals surface area contributed by atoms with Gasteiger partial charge >= 0.3 is 0 Å². The third-order valence-corrected chi connectivity index (χ3v) is 5.92. The number of aryl methyl sites for hydroxylation is 1. The van der Waals surface area contributed by atoms with E-state index < -0.39 is 0 Å². The normalized spacial score (nSPS) is 17.9. The van der Waals surface area contributed by atoms with Gasteiger partial charge in [0.1, 0.15) is 11.6 Å². The molecule has 0 amide bonds. The highest BCUT2D eigenvalue weighted by Gasteiger charge is 2.32. The minimum Gasteiger partial charge on any atom is -0.280 e. The summed E-state index contributed by atoms with van der Waals surface area (Å²) in [5, 5.41) is 0.431. The number of halogens is 3. The van der Waals surface area contributed by atoms with Crippen molar-refractivity contribution in [1.82, 2.24) is 9.80 Å². The maximum atomic E-state index is 13.7. The van der Waals surface area contributed by atoms with E-state index in [-0.39, 0.29) is 17.8 Å². The van der Waals surface area contributed by atoms with Gasteiger partial charge in [0.25, 0.3) is 0 Å². The topological polar surface area (TPSA) is 6.48 Å². The molecule has 3 aromatic carbocycles. The standard InChI is InChI=1S/C25H25ClF2N2/c1-18-4-2-5-20(14-18)17-30-13-3-12-29(16-19-6-8-21(27)9-7-19)25(30)23-11-10-22(28)15-24(23)26/h2,4-11,14-15,25H,3,12-13,16-17H2,1H3/t25-/m1/s1. The molecule has 0 aromatic heterocycles. The van der Waals surface area contributed by atoms with E-state index in [4.69, 9.17) is 11.6 Å². The Morgan fingerprint density at radius 3 is 2.17 bits per heavy atom. The second-order valence-corrected chi connectivity index (χ2v) is 8.36. The summed E-state index contributed by atoms with van der Waals surface area (Å²) in [6.45, 7) is 5.35. The lowest BCUT2D eigenvalue weighted by Crippen LogP contribution is -2.47. The molecule has 30 heavy (non-hydrogen) atoms. The maximum Gasteiger partial charge on any atom is 0.124 e. The monoisotopic (exact) mass is 426 g/mol. The van der Waals surface area contributed by atoms with Crippen LogP contribution in [0.15, 0.2) is 66.7 Å². The van der Waals surface area contributed by atoms with E-state index in [0.717, 1.165) is 37.2 Å². The molecule has 1 atom stereocenters. The van der Waals surface area contributed by atoms with Gasteiger partial charge in [0, 0.05) is 36.8 Å². The van der Waals surface area contributed by atoms with Crippen LogP contribution in [0.5, 0.6) is 0 Å². The first-order chi connectivity index (χ1) is 14.5. The van der Waals surface area contributed by atoms with Crippen molar-refractivity contribution < 1.29 is 8.78 Å². The van der Waals surface area contributed by atoms with Gasteiger partial charge in [0.15, 0.2) is 0 Å². The van der Waals surface area contributed by atoms with Crippen LogP contribution in [-0.4, -0.2) is 22.9 Å². The summed E-state index contributed by atoms with van der Waals surface area (Å²) in [5.74, 6) is -0.577. The van der Waals surface area contributed by atoms with Crippen LogP contribution < -0.4 is 0 Å². The zero-order valence-electron chi connectivity index (χ0n) is 17.0. The molecule has 1 fully saturated rings. The second-order valence-electron chi connectivity index (χ2n) is 7.95. The Morgan fingerprint density at radius 1 is 0.833 bits per heavy atom. The highest BCUT2D eigenvalue weighted by atomic mass is 35.5. The van der Waals surface area contributed by atoms with Crippen LogP contribution >= 0.6 is 11.6 Å². The van der Waals surface area contributed by atoms with Gasteiger partial charge in [0.2, 0.25) is 0 Å². The first-order valence-electron chi connectivity index (χ1n) is 10.2. The Hall–Kier alpha value is -2.27. The summed E-state index contributed by atoms with van der Waals surface area (Å²) in [5.41, 5.74) is 4.40. The smallest absolute Gasteiger partial charge is 0.124 e. The fourth-order valence-electron chi connectivity index (χ4n) is 4.26. The zero-order chi connectivity index (χ0) is 21.1. The van der Waals surface area contributed by atoms with Crippen molar-refractivity contribution in [2.75, 3.05) is 13.1 Å².